The van der Waals surface area contributed by atoms with Gasteiger partial charge in [0.2, 0.25) is 0 Å². The standard InChI is InChI=1S/C56H84N6O17/c1-31(2)25-41(57-11)51(68)78-45(29-37-17-21-39(22-18-37)58-55(72)74-15)48(64)61(13)42(26-32(3)4)52(69)76-35(9)47(63)60(12)44(28-34(7)8)54(71)79-46(30-38-19-23-40(24-20-38)59-56(73)75-16)49(65)62(14)43(27-33(5)6)53(70)77-36(10)50(66)67/h17-24,31-36,41-46,57H,25-30H2,1-16H3,(H,58,72)(H,59,73)(H,66,67)/t35-,36-,41+,42+,43+,44+,45-,46-/m0/s1. The normalized spacial score (nSPS) is 14.3. The molecule has 5 amide bonds. The number of esters is 4. The van der Waals surface area contributed by atoms with Crippen LogP contribution in [0.4, 0.5) is 21.0 Å². The first-order valence-electron chi connectivity index (χ1n) is 26.3. The highest BCUT2D eigenvalue weighted by Crippen LogP contribution is 2.24. The van der Waals surface area contributed by atoms with Gasteiger partial charge < -0.3 is 53.5 Å². The smallest absolute Gasteiger partial charge is 0.411 e. The van der Waals surface area contributed by atoms with Gasteiger partial charge in [0.25, 0.3) is 17.7 Å². The van der Waals surface area contributed by atoms with Crippen LogP contribution in [0.5, 0.6) is 0 Å². The molecule has 23 heteroatoms. The van der Waals surface area contributed by atoms with Gasteiger partial charge in [0, 0.05) is 45.4 Å². The first-order valence-corrected chi connectivity index (χ1v) is 26.3. The molecule has 440 valence electrons. The van der Waals surface area contributed by atoms with Crippen LogP contribution in [0.15, 0.2) is 48.5 Å². The molecular formula is C56H84N6O17. The summed E-state index contributed by atoms with van der Waals surface area (Å²) in [6, 6.07) is 7.86. The number of anilines is 2. The van der Waals surface area contributed by atoms with E-state index >= 15 is 0 Å². The molecule has 79 heavy (non-hydrogen) atoms. The Bertz CT molecular complexity index is 2380. The molecule has 0 saturated heterocycles. The van der Waals surface area contributed by atoms with Crippen LogP contribution in [-0.4, -0.2) is 171 Å². The Morgan fingerprint density at radius 1 is 0.456 bits per heavy atom. The highest BCUT2D eigenvalue weighted by Gasteiger charge is 2.41. The van der Waals surface area contributed by atoms with E-state index in [1.54, 1.807) is 71.1 Å². The molecule has 2 aromatic carbocycles. The topological polar surface area (TPSA) is 292 Å². The summed E-state index contributed by atoms with van der Waals surface area (Å²) in [5.41, 5.74) is 1.75. The minimum Gasteiger partial charge on any atom is -0.479 e. The molecule has 0 unspecified atom stereocenters. The molecule has 8 atom stereocenters. The number of likely N-dealkylation sites (N-methyl/N-ethyl adjacent to an activating group) is 4. The Balaban J connectivity index is 2.55. The third kappa shape index (κ3) is 22.2. The molecule has 0 radical (unpaired) electrons. The maximum absolute atomic E-state index is 14.6. The number of carboxylic acid groups (broad SMARTS) is 1. The molecule has 0 aromatic heterocycles. The van der Waals surface area contributed by atoms with Gasteiger partial charge in [-0.2, -0.15) is 0 Å². The molecule has 0 saturated carbocycles. The van der Waals surface area contributed by atoms with Gasteiger partial charge in [-0.1, -0.05) is 79.7 Å². The number of carbonyl (C=O) groups is 10. The largest absolute Gasteiger partial charge is 0.479 e. The number of carbonyl (C=O) groups excluding carboxylic acids is 9. The number of nitrogens with one attached hydrogen (secondary N) is 3. The third-order valence-corrected chi connectivity index (χ3v) is 12.6. The van der Waals surface area contributed by atoms with Gasteiger partial charge in [-0.25, -0.2) is 28.8 Å². The monoisotopic (exact) mass is 1110 g/mol. The van der Waals surface area contributed by atoms with Gasteiger partial charge in [0.15, 0.2) is 24.4 Å². The summed E-state index contributed by atoms with van der Waals surface area (Å²) in [5, 5.41) is 17.5. The number of nitrogens with zero attached hydrogens (tertiary/aromatic N) is 3. The van der Waals surface area contributed by atoms with Crippen LogP contribution in [0.1, 0.15) is 106 Å². The van der Waals surface area contributed by atoms with Crippen molar-refractivity contribution < 1.29 is 81.5 Å². The van der Waals surface area contributed by atoms with Gasteiger partial charge in [-0.15, -0.1) is 0 Å². The molecule has 0 aliphatic rings. The number of rotatable bonds is 30. The number of carboxylic acids is 1. The van der Waals surface area contributed by atoms with Crippen LogP contribution in [0, 0.1) is 23.7 Å². The van der Waals surface area contributed by atoms with Gasteiger partial charge in [-0.3, -0.25) is 29.8 Å². The zero-order valence-corrected chi connectivity index (χ0v) is 48.6. The van der Waals surface area contributed by atoms with Crippen LogP contribution in [0.2, 0.25) is 0 Å². The lowest BCUT2D eigenvalue weighted by Crippen LogP contribution is -2.53. The van der Waals surface area contributed by atoms with E-state index in [-0.39, 0.29) is 55.8 Å². The number of ether oxygens (including phenoxy) is 6. The van der Waals surface area contributed by atoms with Crippen molar-refractivity contribution in [3.8, 4) is 0 Å². The van der Waals surface area contributed by atoms with Gasteiger partial charge in [-0.05, 0) is 106 Å². The molecule has 0 aliphatic heterocycles. The summed E-state index contributed by atoms with van der Waals surface area (Å²) in [7, 11) is 7.99. The van der Waals surface area contributed by atoms with Crippen molar-refractivity contribution >= 4 is 71.1 Å². The summed E-state index contributed by atoms with van der Waals surface area (Å²) in [4.78, 5) is 138. The minimum absolute atomic E-state index is 0.00514. The lowest BCUT2D eigenvalue weighted by molar-refractivity contribution is -0.174. The Kier molecular flexibility index (Phi) is 28.0. The number of benzene rings is 2. The number of aliphatic carboxylic acids is 1. The van der Waals surface area contributed by atoms with Crippen molar-refractivity contribution in [1.82, 2.24) is 20.0 Å². The average molecular weight is 1110 g/mol. The first-order chi connectivity index (χ1) is 36.9. The number of hydrogen-bond donors (Lipinski definition) is 4. The van der Waals surface area contributed by atoms with E-state index in [2.05, 4.69) is 25.4 Å². The van der Waals surface area contributed by atoms with E-state index in [1.165, 1.54) is 61.3 Å². The molecular weight excluding hydrogens is 1030 g/mol. The van der Waals surface area contributed by atoms with Crippen molar-refractivity contribution in [2.75, 3.05) is 53.0 Å². The quantitative estimate of drug-likeness (QED) is 0.0527. The van der Waals surface area contributed by atoms with E-state index in [1.807, 2.05) is 27.7 Å². The van der Waals surface area contributed by atoms with E-state index < -0.39 is 108 Å². The molecule has 23 nitrogen and oxygen atoms in total. The van der Waals surface area contributed by atoms with E-state index in [0.29, 0.717) is 28.9 Å². The Labute approximate surface area is 464 Å². The fourth-order valence-corrected chi connectivity index (χ4v) is 8.20. The van der Waals surface area contributed by atoms with Crippen molar-refractivity contribution in [2.45, 2.75) is 156 Å². The summed E-state index contributed by atoms with van der Waals surface area (Å²) >= 11 is 0. The molecule has 0 heterocycles. The second-order valence-electron chi connectivity index (χ2n) is 21.1. The Morgan fingerprint density at radius 3 is 1.09 bits per heavy atom. The predicted octanol–water partition coefficient (Wildman–Crippen LogP) is 5.85. The fraction of sp³-hybridized carbons (Fsp3) is 0.607. The highest BCUT2D eigenvalue weighted by atomic mass is 16.6. The number of amides is 5. The molecule has 0 aliphatic carbocycles. The lowest BCUT2D eigenvalue weighted by atomic mass is 10.00. The third-order valence-electron chi connectivity index (χ3n) is 12.6. The zero-order chi connectivity index (χ0) is 60.0. The van der Waals surface area contributed by atoms with Gasteiger partial charge in [0.05, 0.1) is 14.2 Å². The summed E-state index contributed by atoms with van der Waals surface area (Å²) in [6.45, 7) is 17.1. The van der Waals surface area contributed by atoms with Crippen LogP contribution in [-0.2, 0) is 79.6 Å². The van der Waals surface area contributed by atoms with Crippen LogP contribution in [0.3, 0.4) is 0 Å². The van der Waals surface area contributed by atoms with E-state index in [4.69, 9.17) is 18.9 Å². The molecule has 0 spiro atoms. The Hall–Kier alpha value is -7.30. The van der Waals surface area contributed by atoms with Gasteiger partial charge >= 0.3 is 42.0 Å². The second kappa shape index (κ2) is 32.6. The number of hydrogen-bond acceptors (Lipinski definition) is 17. The maximum atomic E-state index is 14.6. The Morgan fingerprint density at radius 2 is 0.772 bits per heavy atom. The van der Waals surface area contributed by atoms with E-state index in [0.717, 1.165) is 14.7 Å². The van der Waals surface area contributed by atoms with Crippen molar-refractivity contribution in [3.05, 3.63) is 59.7 Å². The van der Waals surface area contributed by atoms with Gasteiger partial charge in [0.1, 0.15) is 24.2 Å². The molecule has 0 fully saturated rings. The van der Waals surface area contributed by atoms with E-state index in [9.17, 15) is 53.1 Å². The molecule has 4 N–H and O–H groups in total. The number of methoxy groups -OCH3 is 2. The first kappa shape index (κ1) is 67.8. The molecule has 2 aromatic rings. The average Bonchev–Trinajstić information content (AvgIpc) is 3.39. The summed E-state index contributed by atoms with van der Waals surface area (Å²) in [6.07, 6.45) is -7.46. The van der Waals surface area contributed by atoms with Crippen LogP contribution in [0.25, 0.3) is 0 Å². The summed E-state index contributed by atoms with van der Waals surface area (Å²) in [5.74, 6) is -8.08. The molecule has 2 rings (SSSR count). The highest BCUT2D eigenvalue weighted by molar-refractivity contribution is 5.93. The van der Waals surface area contributed by atoms with Crippen molar-refractivity contribution in [2.24, 2.45) is 23.7 Å². The van der Waals surface area contributed by atoms with Crippen LogP contribution >= 0.6 is 0 Å². The van der Waals surface area contributed by atoms with Crippen molar-refractivity contribution in [1.29, 1.82) is 0 Å². The minimum atomic E-state index is -1.64. The maximum Gasteiger partial charge on any atom is 0.411 e. The second-order valence-corrected chi connectivity index (χ2v) is 21.1. The molecule has 0 bridgehead atoms. The zero-order valence-electron chi connectivity index (χ0n) is 48.6. The summed E-state index contributed by atoms with van der Waals surface area (Å²) < 4.78 is 32.3. The fourth-order valence-electron chi connectivity index (χ4n) is 8.20. The van der Waals surface area contributed by atoms with Crippen molar-refractivity contribution in [3.63, 3.8) is 0 Å². The SMILES string of the molecule is CN[C@H](CC(C)C)C(=O)O[C@@H](Cc1ccc(NC(=O)OC)cc1)C(=O)N(C)[C@H](CC(C)C)C(=O)O[C@@H](C)C(=O)N(C)[C@H](CC(C)C)C(=O)O[C@@H](Cc1ccc(NC(=O)OC)cc1)C(=O)N(C)[C@H](CC(C)C)C(=O)O[C@@H](C)C(=O)O. The predicted molar refractivity (Wildman–Crippen MR) is 291 cm³/mol. The van der Waals surface area contributed by atoms with Crippen LogP contribution < -0.4 is 16.0 Å². The lowest BCUT2D eigenvalue weighted by Gasteiger charge is -2.34.